The number of aromatic nitrogens is 3. The Morgan fingerprint density at radius 1 is 0.638 bits per heavy atom. The zero-order valence-corrected chi connectivity index (χ0v) is 25.3. The summed E-state index contributed by atoms with van der Waals surface area (Å²) in [5.74, 6) is -1.84. The number of benzene rings is 6. The lowest BCUT2D eigenvalue weighted by Crippen LogP contribution is -2.22. The van der Waals surface area contributed by atoms with Crippen molar-refractivity contribution in [1.82, 2.24) is 14.1 Å². The zero-order chi connectivity index (χ0) is 31.9. The number of fused-ring (bicyclic) bond motifs is 8. The fourth-order valence-corrected chi connectivity index (χ4v) is 7.85. The summed E-state index contributed by atoms with van der Waals surface area (Å²) in [7, 11) is 0. The Balaban J connectivity index is 1.19. The first-order valence-electron chi connectivity index (χ1n) is 15.0. The third-order valence-electron chi connectivity index (χ3n) is 8.85. The number of Topliss-reactive ketones (excluding diaryl/α,β-unsaturated/α-hetero) is 1. The molecule has 0 saturated carbocycles. The number of carbonyl (C=O) groups excluding carboxylic acids is 1. The number of rotatable bonds is 4. The smallest absolute Gasteiger partial charge is 0.308 e. The predicted molar refractivity (Wildman–Crippen MR) is 184 cm³/mol. The highest BCUT2D eigenvalue weighted by molar-refractivity contribution is 7.26. The van der Waals surface area contributed by atoms with Crippen LogP contribution in [0, 0.1) is 0 Å². The van der Waals surface area contributed by atoms with Gasteiger partial charge in [0.2, 0.25) is 0 Å². The highest BCUT2D eigenvalue weighted by Gasteiger charge is 2.39. The molecule has 0 aliphatic carbocycles. The molecule has 8 heteroatoms. The van der Waals surface area contributed by atoms with Gasteiger partial charge >= 0.3 is 6.18 Å². The molecule has 0 unspecified atom stereocenters. The van der Waals surface area contributed by atoms with E-state index in [4.69, 9.17) is 0 Å². The van der Waals surface area contributed by atoms with Gasteiger partial charge in [0.1, 0.15) is 6.33 Å². The molecule has 0 radical (unpaired) electrons. The molecule has 6 aromatic carbocycles. The van der Waals surface area contributed by atoms with Gasteiger partial charge in [-0.1, -0.05) is 78.9 Å². The van der Waals surface area contributed by atoms with E-state index in [-0.39, 0.29) is 5.56 Å². The number of alkyl halides is 3. The predicted octanol–water partition coefficient (Wildman–Crippen LogP) is 10.9. The Bertz CT molecular complexity index is 2680. The van der Waals surface area contributed by atoms with Gasteiger partial charge in [-0.15, -0.1) is 11.3 Å². The summed E-state index contributed by atoms with van der Waals surface area (Å²) >= 11 is 1.78. The lowest BCUT2D eigenvalue weighted by molar-refractivity contribution is -0.0885. The molecule has 226 valence electrons. The summed E-state index contributed by atoms with van der Waals surface area (Å²) in [6.45, 7) is 0. The van der Waals surface area contributed by atoms with E-state index in [1.54, 1.807) is 23.5 Å². The molecule has 0 N–H and O–H groups in total. The second-order valence-corrected chi connectivity index (χ2v) is 12.6. The van der Waals surface area contributed by atoms with Crippen molar-refractivity contribution in [3.8, 4) is 22.5 Å². The fourth-order valence-electron chi connectivity index (χ4n) is 6.63. The number of imidazole rings is 1. The Morgan fingerprint density at radius 2 is 1.30 bits per heavy atom. The SMILES string of the molecule is O=C(c1ccc(-c2ccc(-n3c4ccccc4c4ccc5c6cc(-n7cnc8ccccc87)ccc6sc5c43)cc2)cc1)C(F)(F)F. The van der Waals surface area contributed by atoms with Crippen molar-refractivity contribution >= 4 is 70.1 Å². The van der Waals surface area contributed by atoms with Crippen LogP contribution < -0.4 is 0 Å². The molecule has 0 aliphatic rings. The molecular weight excluding hydrogens is 616 g/mol. The molecule has 0 amide bonds. The Kier molecular flexibility index (Phi) is 5.95. The summed E-state index contributed by atoms with van der Waals surface area (Å²) in [6.07, 6.45) is -3.03. The average Bonchev–Trinajstić information content (AvgIpc) is 3.79. The Labute approximate surface area is 269 Å². The first-order valence-corrected chi connectivity index (χ1v) is 15.8. The van der Waals surface area contributed by atoms with Crippen molar-refractivity contribution in [2.75, 3.05) is 0 Å². The van der Waals surface area contributed by atoms with Crippen molar-refractivity contribution in [2.45, 2.75) is 6.18 Å². The van der Waals surface area contributed by atoms with Gasteiger partial charge in [-0.05, 0) is 59.7 Å². The van der Waals surface area contributed by atoms with E-state index in [0.29, 0.717) is 0 Å². The van der Waals surface area contributed by atoms with Crippen LogP contribution in [0.15, 0.2) is 134 Å². The number of hydrogen-bond donors (Lipinski definition) is 0. The minimum Gasteiger partial charge on any atom is -0.308 e. The van der Waals surface area contributed by atoms with Crippen LogP contribution in [0.3, 0.4) is 0 Å². The first kappa shape index (κ1) is 27.6. The summed E-state index contributed by atoms with van der Waals surface area (Å²) in [5, 5.41) is 4.68. The molecule has 9 aromatic rings. The van der Waals surface area contributed by atoms with Crippen molar-refractivity contribution in [2.24, 2.45) is 0 Å². The molecule has 4 nitrogen and oxygen atoms in total. The molecular formula is C39H22F3N3OS. The lowest BCUT2D eigenvalue weighted by atomic mass is 10.0. The van der Waals surface area contributed by atoms with Crippen LogP contribution in [0.5, 0.6) is 0 Å². The largest absolute Gasteiger partial charge is 0.454 e. The third kappa shape index (κ3) is 4.29. The molecule has 0 saturated heterocycles. The van der Waals surface area contributed by atoms with Gasteiger partial charge in [0, 0.05) is 43.2 Å². The maximum atomic E-state index is 12.9. The number of hydrogen-bond acceptors (Lipinski definition) is 3. The van der Waals surface area contributed by atoms with Crippen LogP contribution in [-0.4, -0.2) is 26.1 Å². The van der Waals surface area contributed by atoms with Crippen molar-refractivity contribution in [3.63, 3.8) is 0 Å². The van der Waals surface area contributed by atoms with Gasteiger partial charge in [-0.25, -0.2) is 4.98 Å². The highest BCUT2D eigenvalue weighted by atomic mass is 32.1. The van der Waals surface area contributed by atoms with E-state index in [2.05, 4.69) is 68.7 Å². The average molecular weight is 638 g/mol. The monoisotopic (exact) mass is 637 g/mol. The zero-order valence-electron chi connectivity index (χ0n) is 24.5. The van der Waals surface area contributed by atoms with E-state index in [0.717, 1.165) is 55.3 Å². The third-order valence-corrected chi connectivity index (χ3v) is 10.0. The summed E-state index contributed by atoms with van der Waals surface area (Å²) in [4.78, 5) is 16.2. The van der Waals surface area contributed by atoms with Crippen LogP contribution in [0.4, 0.5) is 13.2 Å². The Hall–Kier alpha value is -5.73. The number of thiophene rings is 1. The summed E-state index contributed by atoms with van der Waals surface area (Å²) in [5.41, 5.74) is 7.44. The lowest BCUT2D eigenvalue weighted by Gasteiger charge is -2.10. The minimum absolute atomic E-state index is 0.374. The molecule has 0 fully saturated rings. The van der Waals surface area contributed by atoms with Crippen LogP contribution in [0.2, 0.25) is 0 Å². The summed E-state index contributed by atoms with van der Waals surface area (Å²) in [6, 6.07) is 41.0. The normalized spacial score (nSPS) is 12.2. The molecule has 0 atom stereocenters. The second kappa shape index (κ2) is 10.1. The van der Waals surface area contributed by atoms with Crippen LogP contribution in [0.1, 0.15) is 10.4 Å². The van der Waals surface area contributed by atoms with Crippen molar-refractivity contribution < 1.29 is 18.0 Å². The number of nitrogens with zero attached hydrogens (tertiary/aromatic N) is 3. The van der Waals surface area contributed by atoms with Gasteiger partial charge in [-0.3, -0.25) is 9.36 Å². The number of para-hydroxylation sites is 3. The van der Waals surface area contributed by atoms with Gasteiger partial charge < -0.3 is 4.57 Å². The topological polar surface area (TPSA) is 39.8 Å². The number of carbonyl (C=O) groups is 1. The van der Waals surface area contributed by atoms with E-state index < -0.39 is 12.0 Å². The maximum Gasteiger partial charge on any atom is 0.454 e. The molecule has 3 heterocycles. The molecule has 47 heavy (non-hydrogen) atoms. The number of ketones is 1. The minimum atomic E-state index is -4.90. The standard InChI is InChI=1S/C39H22F3N3OS/c40-39(41,42)38(46)25-11-9-23(10-12-25)24-13-15-26(16-14-24)45-33-7-3-1-5-28(33)29-18-19-30-31-21-27(17-20-35(31)47-37(30)36(29)45)44-22-43-32-6-2-4-8-34(32)44/h1-22H. The van der Waals surface area contributed by atoms with E-state index in [9.17, 15) is 18.0 Å². The van der Waals surface area contributed by atoms with Crippen LogP contribution >= 0.6 is 11.3 Å². The molecule has 9 rings (SSSR count). The fraction of sp³-hybridized carbons (Fsp3) is 0.0256. The Morgan fingerprint density at radius 3 is 2.06 bits per heavy atom. The molecule has 0 aliphatic heterocycles. The second-order valence-electron chi connectivity index (χ2n) is 11.5. The first-order chi connectivity index (χ1) is 22.8. The van der Waals surface area contributed by atoms with Crippen LogP contribution in [-0.2, 0) is 0 Å². The van der Waals surface area contributed by atoms with Gasteiger partial charge in [0.25, 0.3) is 5.78 Å². The van der Waals surface area contributed by atoms with Gasteiger partial charge in [0.05, 0.1) is 26.8 Å². The molecule has 0 spiro atoms. The van der Waals surface area contributed by atoms with E-state index >= 15 is 0 Å². The molecule has 0 bridgehead atoms. The van der Waals surface area contributed by atoms with E-state index in [1.165, 1.54) is 32.3 Å². The van der Waals surface area contributed by atoms with Crippen molar-refractivity contribution in [3.05, 3.63) is 139 Å². The van der Waals surface area contributed by atoms with Gasteiger partial charge in [-0.2, -0.15) is 13.2 Å². The quantitative estimate of drug-likeness (QED) is 0.180. The van der Waals surface area contributed by atoms with Crippen molar-refractivity contribution in [1.29, 1.82) is 0 Å². The maximum absolute atomic E-state index is 12.9. The van der Waals surface area contributed by atoms with Gasteiger partial charge in [0.15, 0.2) is 0 Å². The molecule has 3 aromatic heterocycles. The number of halogens is 3. The van der Waals surface area contributed by atoms with Crippen LogP contribution in [0.25, 0.3) is 75.5 Å². The highest BCUT2D eigenvalue weighted by Crippen LogP contribution is 2.43. The summed E-state index contributed by atoms with van der Waals surface area (Å²) < 4.78 is 45.5. The van der Waals surface area contributed by atoms with E-state index in [1.807, 2.05) is 54.9 Å².